The van der Waals surface area contributed by atoms with Crippen LogP contribution in [0.5, 0.6) is 0 Å². The van der Waals surface area contributed by atoms with Crippen molar-refractivity contribution in [1.82, 2.24) is 4.57 Å². The lowest BCUT2D eigenvalue weighted by Gasteiger charge is -2.06. The first-order valence-corrected chi connectivity index (χ1v) is 9.44. The molecule has 0 aliphatic rings. The van der Waals surface area contributed by atoms with Crippen LogP contribution >= 0.6 is 0 Å². The summed E-state index contributed by atoms with van der Waals surface area (Å²) >= 11 is 0. The molecule has 0 saturated heterocycles. The van der Waals surface area contributed by atoms with E-state index in [2.05, 4.69) is 6.07 Å². The van der Waals surface area contributed by atoms with Gasteiger partial charge in [-0.2, -0.15) is 5.26 Å². The molecule has 2 aromatic carbocycles. The number of carbonyl (C=O) groups excluding carboxylic acids is 1. The topological polar surface area (TPSA) is 83.1 Å². The number of Topliss-reactive ketones (excluding diaryl/α,β-unsaturated/α-hetero) is 1. The van der Waals surface area contributed by atoms with E-state index in [1.54, 1.807) is 38.2 Å². The fourth-order valence-corrected chi connectivity index (χ4v) is 3.18. The highest BCUT2D eigenvalue weighted by Crippen LogP contribution is 2.32. The van der Waals surface area contributed by atoms with E-state index in [4.69, 9.17) is 0 Å². The Kier molecular flexibility index (Phi) is 7.10. The normalized spacial score (nSPS) is 9.90. The van der Waals surface area contributed by atoms with Crippen LogP contribution in [0.1, 0.15) is 51.5 Å². The molecule has 29 heavy (non-hydrogen) atoms. The van der Waals surface area contributed by atoms with E-state index in [1.807, 2.05) is 44.2 Å². The number of carboxylic acid groups (broad SMARTS) is 1. The van der Waals surface area contributed by atoms with Crippen LogP contribution in [-0.4, -0.2) is 21.4 Å². The van der Waals surface area contributed by atoms with Gasteiger partial charge in [0.15, 0.2) is 5.78 Å². The molecule has 0 aliphatic carbocycles. The van der Waals surface area contributed by atoms with E-state index in [9.17, 15) is 20.0 Å². The molecule has 1 N–H and O–H groups in total. The van der Waals surface area contributed by atoms with Crippen molar-refractivity contribution in [1.29, 1.82) is 5.26 Å². The smallest absolute Gasteiger partial charge is 0.353 e. The highest BCUT2D eigenvalue weighted by Gasteiger charge is 2.24. The molecule has 0 unspecified atom stereocenters. The largest absolute Gasteiger partial charge is 0.477 e. The molecule has 1 heterocycles. The van der Waals surface area contributed by atoms with E-state index in [0.29, 0.717) is 34.4 Å². The van der Waals surface area contributed by atoms with E-state index < -0.39 is 5.97 Å². The molecular weight excluding hydrogens is 364 g/mol. The number of hydrogen-bond acceptors (Lipinski definition) is 3. The third-order valence-corrected chi connectivity index (χ3v) is 4.70. The molecule has 148 valence electrons. The van der Waals surface area contributed by atoms with Crippen molar-refractivity contribution in [2.24, 2.45) is 7.05 Å². The zero-order chi connectivity index (χ0) is 21.6. The fourth-order valence-electron chi connectivity index (χ4n) is 3.18. The quantitative estimate of drug-likeness (QED) is 0.622. The number of benzene rings is 2. The molecule has 0 atom stereocenters. The van der Waals surface area contributed by atoms with E-state index in [0.717, 1.165) is 5.56 Å². The highest BCUT2D eigenvalue weighted by molar-refractivity contribution is 6.00. The molecule has 0 bridgehead atoms. The van der Waals surface area contributed by atoms with Gasteiger partial charge in [0.2, 0.25) is 0 Å². The van der Waals surface area contributed by atoms with Crippen LogP contribution in [0, 0.1) is 18.3 Å². The monoisotopic (exact) mass is 388 g/mol. The van der Waals surface area contributed by atoms with Gasteiger partial charge in [-0.25, -0.2) is 4.79 Å². The number of aromatic carboxylic acids is 1. The average molecular weight is 388 g/mol. The molecule has 5 nitrogen and oxygen atoms in total. The molecule has 0 spiro atoms. The molecule has 0 saturated carbocycles. The van der Waals surface area contributed by atoms with Gasteiger partial charge in [-0.05, 0) is 18.1 Å². The molecular formula is C24H24N2O3. The highest BCUT2D eigenvalue weighted by atomic mass is 16.4. The first kappa shape index (κ1) is 21.6. The van der Waals surface area contributed by atoms with Gasteiger partial charge in [0.1, 0.15) is 11.8 Å². The van der Waals surface area contributed by atoms with Gasteiger partial charge in [0.25, 0.3) is 0 Å². The first-order chi connectivity index (χ1) is 13.9. The van der Waals surface area contributed by atoms with Gasteiger partial charge >= 0.3 is 5.97 Å². The second-order valence-corrected chi connectivity index (χ2v) is 6.32. The third kappa shape index (κ3) is 4.44. The Morgan fingerprint density at radius 3 is 2.14 bits per heavy atom. The summed E-state index contributed by atoms with van der Waals surface area (Å²) in [5, 5.41) is 19.0. The van der Waals surface area contributed by atoms with Crippen molar-refractivity contribution < 1.29 is 14.7 Å². The van der Waals surface area contributed by atoms with Crippen LogP contribution in [0.25, 0.3) is 11.1 Å². The summed E-state index contributed by atoms with van der Waals surface area (Å²) in [6.45, 7) is 5.71. The van der Waals surface area contributed by atoms with Crippen molar-refractivity contribution in [2.45, 2.75) is 27.2 Å². The average Bonchev–Trinajstić information content (AvgIpc) is 3.00. The van der Waals surface area contributed by atoms with Crippen LogP contribution in [-0.2, 0) is 13.5 Å². The van der Waals surface area contributed by atoms with Crippen LogP contribution in [0.3, 0.4) is 0 Å². The van der Waals surface area contributed by atoms with Gasteiger partial charge in [-0.1, -0.05) is 68.4 Å². The lowest BCUT2D eigenvalue weighted by atomic mass is 9.97. The van der Waals surface area contributed by atoms with Gasteiger partial charge in [0.05, 0.1) is 5.56 Å². The molecule has 1 aromatic heterocycles. The number of carbonyl (C=O) groups is 2. The summed E-state index contributed by atoms with van der Waals surface area (Å²) in [4.78, 5) is 24.2. The number of nitrogens with zero attached hydrogens (tertiary/aromatic N) is 2. The summed E-state index contributed by atoms with van der Waals surface area (Å²) < 4.78 is 1.50. The number of rotatable bonds is 5. The molecule has 0 amide bonds. The van der Waals surface area contributed by atoms with E-state index in [-0.39, 0.29) is 11.5 Å². The van der Waals surface area contributed by atoms with Gasteiger partial charge < -0.3 is 9.67 Å². The summed E-state index contributed by atoms with van der Waals surface area (Å²) in [7, 11) is 1.63. The molecule has 0 fully saturated rings. The molecule has 3 aromatic rings. The zero-order valence-corrected chi connectivity index (χ0v) is 17.1. The molecule has 0 aliphatic heterocycles. The SMILES string of the molecule is CC.Cc1c(C#N)c(-c2ccc(C(=O)Cc3ccccc3)cc2)c(C(=O)O)n1C. The second-order valence-electron chi connectivity index (χ2n) is 6.32. The summed E-state index contributed by atoms with van der Waals surface area (Å²) in [6.07, 6.45) is 0.300. The third-order valence-electron chi connectivity index (χ3n) is 4.70. The Hall–Kier alpha value is -3.65. The first-order valence-electron chi connectivity index (χ1n) is 9.44. The molecule has 3 rings (SSSR count). The lowest BCUT2D eigenvalue weighted by molar-refractivity contribution is 0.0687. The maximum absolute atomic E-state index is 12.5. The van der Waals surface area contributed by atoms with Gasteiger partial charge in [-0.3, -0.25) is 4.79 Å². The second kappa shape index (κ2) is 9.52. The zero-order valence-electron chi connectivity index (χ0n) is 17.1. The van der Waals surface area contributed by atoms with Gasteiger partial charge in [0, 0.05) is 30.3 Å². The number of carboxylic acids is 1. The van der Waals surface area contributed by atoms with Crippen molar-refractivity contribution >= 4 is 11.8 Å². The molecule has 0 radical (unpaired) electrons. The van der Waals surface area contributed by atoms with Crippen LogP contribution in [0.15, 0.2) is 54.6 Å². The minimum Gasteiger partial charge on any atom is -0.477 e. The van der Waals surface area contributed by atoms with Crippen LogP contribution in [0.4, 0.5) is 0 Å². The maximum Gasteiger partial charge on any atom is 0.353 e. The summed E-state index contributed by atoms with van der Waals surface area (Å²) in [5.41, 5.74) is 3.45. The van der Waals surface area contributed by atoms with Crippen molar-refractivity contribution in [3.8, 4) is 17.2 Å². The maximum atomic E-state index is 12.5. The minimum atomic E-state index is -1.10. The summed E-state index contributed by atoms with van der Waals surface area (Å²) in [6, 6.07) is 18.3. The van der Waals surface area contributed by atoms with Crippen molar-refractivity contribution in [3.63, 3.8) is 0 Å². The van der Waals surface area contributed by atoms with Crippen LogP contribution < -0.4 is 0 Å². The van der Waals surface area contributed by atoms with E-state index in [1.165, 1.54) is 4.57 Å². The number of hydrogen-bond donors (Lipinski definition) is 1. The summed E-state index contributed by atoms with van der Waals surface area (Å²) in [5.74, 6) is -1.11. The Labute approximate surface area is 170 Å². The minimum absolute atomic E-state index is 0.0176. The Morgan fingerprint density at radius 2 is 1.62 bits per heavy atom. The Morgan fingerprint density at radius 1 is 1.03 bits per heavy atom. The lowest BCUT2D eigenvalue weighted by Crippen LogP contribution is -2.07. The van der Waals surface area contributed by atoms with Crippen molar-refractivity contribution in [3.05, 3.63) is 82.7 Å². The van der Waals surface area contributed by atoms with Crippen LogP contribution in [0.2, 0.25) is 0 Å². The Bertz CT molecular complexity index is 1060. The number of ketones is 1. The fraction of sp³-hybridized carbons (Fsp3) is 0.208. The predicted octanol–water partition coefficient (Wildman–Crippen LogP) is 5.02. The molecule has 5 heteroatoms. The Balaban J connectivity index is 0.00000145. The van der Waals surface area contributed by atoms with Crippen molar-refractivity contribution in [2.75, 3.05) is 0 Å². The number of aromatic nitrogens is 1. The standard InChI is InChI=1S/C22H18N2O3.C2H6/c1-14-18(13-23)20(21(22(26)27)24(14)2)17-10-8-16(9-11-17)19(25)12-15-6-4-3-5-7-15;1-2/h3-11H,12H2,1-2H3,(H,26,27);1-2H3. The van der Waals surface area contributed by atoms with E-state index >= 15 is 0 Å². The predicted molar refractivity (Wildman–Crippen MR) is 113 cm³/mol. The van der Waals surface area contributed by atoms with Gasteiger partial charge in [-0.15, -0.1) is 0 Å². The number of nitriles is 1.